The summed E-state index contributed by atoms with van der Waals surface area (Å²) < 4.78 is 0. The van der Waals surface area contributed by atoms with Gasteiger partial charge in [-0.15, -0.1) is 0 Å². The molecular weight excluding hydrogens is 122 g/mol. The highest BCUT2D eigenvalue weighted by atomic mass is 14.7. The molecule has 1 nitrogen and oxygen atoms in total. The number of aliphatic imine (C=N–C) groups is 1. The fourth-order valence-corrected chi connectivity index (χ4v) is 0.641. The number of hydrogen-bond acceptors (Lipinski definition) is 1. The van der Waals surface area contributed by atoms with Gasteiger partial charge >= 0.3 is 0 Å². The van der Waals surface area contributed by atoms with Crippen LogP contribution in [0.2, 0.25) is 0 Å². The van der Waals surface area contributed by atoms with Crippen LogP contribution in [0.5, 0.6) is 0 Å². The summed E-state index contributed by atoms with van der Waals surface area (Å²) in [7, 11) is 0. The second-order valence-corrected chi connectivity index (χ2v) is 2.90. The molecule has 0 unspecified atom stereocenters. The molecule has 58 valence electrons. The highest BCUT2D eigenvalue weighted by molar-refractivity contribution is 5.79. The largest absolute Gasteiger partial charge is 0.294 e. The highest BCUT2D eigenvalue weighted by Gasteiger charge is 1.80. The Morgan fingerprint density at radius 1 is 1.20 bits per heavy atom. The van der Waals surface area contributed by atoms with Gasteiger partial charge in [-0.25, -0.2) is 0 Å². The van der Waals surface area contributed by atoms with Crippen LogP contribution < -0.4 is 0 Å². The molecule has 0 aromatic carbocycles. The molecule has 0 rings (SSSR count). The smallest absolute Gasteiger partial charge is 0.0423 e. The van der Waals surface area contributed by atoms with Gasteiger partial charge in [-0.2, -0.15) is 0 Å². The molecule has 1 heteroatoms. The third kappa shape index (κ3) is 7.41. The zero-order chi connectivity index (χ0) is 7.98. The Morgan fingerprint density at radius 3 is 2.20 bits per heavy atom. The van der Waals surface area contributed by atoms with Gasteiger partial charge in [0.15, 0.2) is 0 Å². The molecular formula is C9H17N. The molecule has 0 aliphatic rings. The molecule has 0 heterocycles. The van der Waals surface area contributed by atoms with Crippen molar-refractivity contribution in [3.8, 4) is 0 Å². The number of nitrogens with zero attached hydrogens (tertiary/aromatic N) is 1. The van der Waals surface area contributed by atoms with Crippen LogP contribution in [-0.4, -0.2) is 12.3 Å². The summed E-state index contributed by atoms with van der Waals surface area (Å²) in [6.07, 6.45) is 3.29. The molecule has 0 aliphatic carbocycles. The zero-order valence-electron chi connectivity index (χ0n) is 7.44. The minimum atomic E-state index is 0.938. The lowest BCUT2D eigenvalue weighted by Crippen LogP contribution is -1.84. The van der Waals surface area contributed by atoms with Crippen LogP contribution in [0.3, 0.4) is 0 Å². The molecule has 0 atom stereocenters. The van der Waals surface area contributed by atoms with E-state index >= 15 is 0 Å². The van der Waals surface area contributed by atoms with Crippen LogP contribution in [0.1, 0.15) is 34.1 Å². The zero-order valence-corrected chi connectivity index (χ0v) is 7.44. The summed E-state index contributed by atoms with van der Waals surface area (Å²) >= 11 is 0. The first-order chi connectivity index (χ1) is 4.63. The molecule has 0 N–H and O–H groups in total. The number of rotatable bonds is 3. The lowest BCUT2D eigenvalue weighted by Gasteiger charge is -1.91. The summed E-state index contributed by atoms with van der Waals surface area (Å²) in [5, 5.41) is 0. The summed E-state index contributed by atoms with van der Waals surface area (Å²) in [5.74, 6) is 0. The van der Waals surface area contributed by atoms with Crippen molar-refractivity contribution in [2.24, 2.45) is 4.99 Å². The maximum Gasteiger partial charge on any atom is 0.0423 e. The van der Waals surface area contributed by atoms with Crippen LogP contribution in [-0.2, 0) is 0 Å². The van der Waals surface area contributed by atoms with Crippen molar-refractivity contribution in [2.75, 3.05) is 6.54 Å². The second kappa shape index (κ2) is 5.21. The second-order valence-electron chi connectivity index (χ2n) is 2.90. The first kappa shape index (κ1) is 9.41. The standard InChI is InChI=1S/C9H17N/c1-8(2)6-5-7-10-9(3)4/h6H,5,7H2,1-4H3. The lowest BCUT2D eigenvalue weighted by atomic mass is 10.3. The van der Waals surface area contributed by atoms with E-state index in [1.54, 1.807) is 0 Å². The average molecular weight is 139 g/mol. The first-order valence-corrected chi connectivity index (χ1v) is 3.74. The van der Waals surface area contributed by atoms with E-state index in [9.17, 15) is 0 Å². The molecule has 0 fully saturated rings. The van der Waals surface area contributed by atoms with E-state index < -0.39 is 0 Å². The Labute approximate surface area is 63.9 Å². The van der Waals surface area contributed by atoms with Crippen LogP contribution >= 0.6 is 0 Å². The van der Waals surface area contributed by atoms with E-state index in [2.05, 4.69) is 24.9 Å². The molecule has 0 aliphatic heterocycles. The molecule has 0 aromatic rings. The summed E-state index contributed by atoms with van der Waals surface area (Å²) in [4.78, 5) is 4.27. The van der Waals surface area contributed by atoms with Gasteiger partial charge in [0.2, 0.25) is 0 Å². The minimum Gasteiger partial charge on any atom is -0.294 e. The van der Waals surface area contributed by atoms with Crippen LogP contribution in [0.25, 0.3) is 0 Å². The van der Waals surface area contributed by atoms with Gasteiger partial charge in [-0.3, -0.25) is 4.99 Å². The predicted molar refractivity (Wildman–Crippen MR) is 47.7 cm³/mol. The molecule has 0 spiro atoms. The lowest BCUT2D eigenvalue weighted by molar-refractivity contribution is 0.991. The Morgan fingerprint density at radius 2 is 1.80 bits per heavy atom. The van der Waals surface area contributed by atoms with Crippen molar-refractivity contribution in [1.29, 1.82) is 0 Å². The predicted octanol–water partition coefficient (Wildman–Crippen LogP) is 2.82. The minimum absolute atomic E-state index is 0.938. The molecule has 0 bridgehead atoms. The van der Waals surface area contributed by atoms with Crippen molar-refractivity contribution >= 4 is 5.71 Å². The molecule has 10 heavy (non-hydrogen) atoms. The number of hydrogen-bond donors (Lipinski definition) is 0. The van der Waals surface area contributed by atoms with Gasteiger partial charge in [0, 0.05) is 12.3 Å². The van der Waals surface area contributed by atoms with Crippen molar-refractivity contribution in [3.05, 3.63) is 11.6 Å². The van der Waals surface area contributed by atoms with Crippen LogP contribution in [0.4, 0.5) is 0 Å². The van der Waals surface area contributed by atoms with Gasteiger partial charge < -0.3 is 0 Å². The summed E-state index contributed by atoms with van der Waals surface area (Å²) in [6.45, 7) is 9.23. The van der Waals surface area contributed by atoms with Crippen molar-refractivity contribution in [1.82, 2.24) is 0 Å². The van der Waals surface area contributed by atoms with Gasteiger partial charge in [-0.1, -0.05) is 11.6 Å². The third-order valence-corrected chi connectivity index (χ3v) is 1.11. The molecule has 0 saturated heterocycles. The molecule has 0 radical (unpaired) electrons. The summed E-state index contributed by atoms with van der Waals surface area (Å²) in [5.41, 5.74) is 2.55. The Hall–Kier alpha value is -0.590. The SMILES string of the molecule is CC(C)=CCCN=C(C)C. The molecule has 0 saturated carbocycles. The van der Waals surface area contributed by atoms with Crippen LogP contribution in [0.15, 0.2) is 16.6 Å². The van der Waals surface area contributed by atoms with E-state index in [0.717, 1.165) is 13.0 Å². The maximum atomic E-state index is 4.27. The quantitative estimate of drug-likeness (QED) is 0.324. The van der Waals surface area contributed by atoms with E-state index in [0.29, 0.717) is 0 Å². The van der Waals surface area contributed by atoms with Crippen LogP contribution in [0, 0.1) is 0 Å². The Kier molecular flexibility index (Phi) is 4.91. The highest BCUT2D eigenvalue weighted by Crippen LogP contribution is 1.92. The topological polar surface area (TPSA) is 12.4 Å². The van der Waals surface area contributed by atoms with Crippen molar-refractivity contribution in [3.63, 3.8) is 0 Å². The van der Waals surface area contributed by atoms with Gasteiger partial charge in [0.05, 0.1) is 0 Å². The van der Waals surface area contributed by atoms with Crippen molar-refractivity contribution < 1.29 is 0 Å². The van der Waals surface area contributed by atoms with Gasteiger partial charge in [0.25, 0.3) is 0 Å². The van der Waals surface area contributed by atoms with E-state index in [1.807, 2.05) is 13.8 Å². The fourth-order valence-electron chi connectivity index (χ4n) is 0.641. The van der Waals surface area contributed by atoms with E-state index in [4.69, 9.17) is 0 Å². The normalized spacial score (nSPS) is 8.80. The average Bonchev–Trinajstić information content (AvgIpc) is 1.79. The maximum absolute atomic E-state index is 4.27. The van der Waals surface area contributed by atoms with Gasteiger partial charge in [-0.05, 0) is 34.1 Å². The molecule has 0 aromatic heterocycles. The van der Waals surface area contributed by atoms with E-state index in [1.165, 1.54) is 11.3 Å². The fraction of sp³-hybridized carbons (Fsp3) is 0.667. The third-order valence-electron chi connectivity index (χ3n) is 1.11. The number of allylic oxidation sites excluding steroid dienone is 1. The van der Waals surface area contributed by atoms with Crippen molar-refractivity contribution in [2.45, 2.75) is 34.1 Å². The van der Waals surface area contributed by atoms with Gasteiger partial charge in [0.1, 0.15) is 0 Å². The summed E-state index contributed by atoms with van der Waals surface area (Å²) in [6, 6.07) is 0. The Bertz CT molecular complexity index is 117. The molecule has 0 amide bonds. The van der Waals surface area contributed by atoms with E-state index in [-0.39, 0.29) is 0 Å². The Balaban J connectivity index is 3.39. The monoisotopic (exact) mass is 139 g/mol. The first-order valence-electron chi connectivity index (χ1n) is 3.74.